The summed E-state index contributed by atoms with van der Waals surface area (Å²) in [5.74, 6) is 0. The lowest BCUT2D eigenvalue weighted by Crippen LogP contribution is -2.26. The molecule has 0 saturated carbocycles. The van der Waals surface area contributed by atoms with Crippen molar-refractivity contribution >= 4 is 16.1 Å². The summed E-state index contributed by atoms with van der Waals surface area (Å²) in [4.78, 5) is 0. The quantitative estimate of drug-likeness (QED) is 0.490. The molecule has 60 valence electrons. The van der Waals surface area contributed by atoms with Gasteiger partial charge in [0.1, 0.15) is 0 Å². The summed E-state index contributed by atoms with van der Waals surface area (Å²) < 4.78 is 15.9. The van der Waals surface area contributed by atoms with Gasteiger partial charge in [-0.25, -0.2) is 0 Å². The molecule has 0 rings (SSSR count). The van der Waals surface area contributed by atoms with Crippen LogP contribution >= 0.6 is 8.03 Å². The molecule has 2 nitrogen and oxygen atoms in total. The molecule has 0 aromatic rings. The molecule has 0 aromatic heterocycles. The Kier molecular flexibility index (Phi) is 4.33. The zero-order chi connectivity index (χ0) is 8.20. The zero-order valence-electron chi connectivity index (χ0n) is 7.18. The van der Waals surface area contributed by atoms with E-state index in [0.717, 1.165) is 6.23 Å². The molecule has 4 heteroatoms. The van der Waals surface area contributed by atoms with Crippen LogP contribution in [-0.4, -0.2) is 20.5 Å². The van der Waals surface area contributed by atoms with Crippen LogP contribution in [0.15, 0.2) is 0 Å². The fourth-order valence-electron chi connectivity index (χ4n) is 0.357. The highest BCUT2D eigenvalue weighted by Crippen LogP contribution is 2.22. The van der Waals surface area contributed by atoms with E-state index < -0.39 is 16.1 Å². The molecule has 0 fully saturated rings. The Bertz CT molecular complexity index is 119. The second-order valence-corrected chi connectivity index (χ2v) is 10.4. The largest absolute Gasteiger partial charge is 0.507 e. The van der Waals surface area contributed by atoms with Crippen molar-refractivity contribution in [2.45, 2.75) is 26.6 Å². The van der Waals surface area contributed by atoms with Gasteiger partial charge in [0, 0.05) is 0 Å². The minimum Gasteiger partial charge on any atom is -0.150 e. The molecule has 0 N–H and O–H groups in total. The predicted molar refractivity (Wildman–Crippen MR) is 47.4 cm³/mol. The fourth-order valence-corrected chi connectivity index (χ4v) is 2.66. The second kappa shape index (κ2) is 4.22. The molecule has 0 aliphatic rings. The normalized spacial score (nSPS) is 13.4. The van der Waals surface area contributed by atoms with Crippen LogP contribution in [0.1, 0.15) is 6.92 Å². The van der Waals surface area contributed by atoms with Gasteiger partial charge in [-0.1, -0.05) is 19.6 Å². The average molecular weight is 179 g/mol. The van der Waals surface area contributed by atoms with E-state index in [1.807, 2.05) is 6.92 Å². The highest BCUT2D eigenvalue weighted by atomic mass is 31.1. The van der Waals surface area contributed by atoms with Gasteiger partial charge in [0.2, 0.25) is 0 Å². The standard InChI is InChI=1S/C6H16O2PSi/c1-5-9(7)8-6-10(2,3)4/h5-6H2,1-4H3/q+1. The van der Waals surface area contributed by atoms with E-state index in [4.69, 9.17) is 4.52 Å². The monoisotopic (exact) mass is 179 g/mol. The van der Waals surface area contributed by atoms with Gasteiger partial charge in [-0.15, -0.1) is 4.52 Å². The van der Waals surface area contributed by atoms with Crippen LogP contribution < -0.4 is 0 Å². The highest BCUT2D eigenvalue weighted by molar-refractivity contribution is 7.39. The van der Waals surface area contributed by atoms with E-state index in [2.05, 4.69) is 19.6 Å². The average Bonchev–Trinajstić information content (AvgIpc) is 1.81. The maximum atomic E-state index is 10.8. The van der Waals surface area contributed by atoms with Gasteiger partial charge in [0.15, 0.2) is 6.16 Å². The second-order valence-electron chi connectivity index (χ2n) is 3.48. The summed E-state index contributed by atoms with van der Waals surface area (Å²) in [5.41, 5.74) is 0. The topological polar surface area (TPSA) is 26.3 Å². The maximum Gasteiger partial charge on any atom is 0.507 e. The van der Waals surface area contributed by atoms with Crippen molar-refractivity contribution in [3.05, 3.63) is 0 Å². The van der Waals surface area contributed by atoms with E-state index >= 15 is 0 Å². The van der Waals surface area contributed by atoms with E-state index in [1.165, 1.54) is 0 Å². The minimum absolute atomic E-state index is 0.639. The Hall–Kier alpha value is 0.277. The number of hydrogen-bond acceptors (Lipinski definition) is 2. The molecule has 0 amide bonds. The molecular formula is C6H16O2PSi+. The van der Waals surface area contributed by atoms with Crippen LogP contribution in [0.2, 0.25) is 19.6 Å². The smallest absolute Gasteiger partial charge is 0.150 e. The van der Waals surface area contributed by atoms with E-state index in [9.17, 15) is 4.57 Å². The molecule has 1 unspecified atom stereocenters. The van der Waals surface area contributed by atoms with Crippen molar-refractivity contribution < 1.29 is 9.09 Å². The van der Waals surface area contributed by atoms with Crippen molar-refractivity contribution in [3.63, 3.8) is 0 Å². The van der Waals surface area contributed by atoms with Gasteiger partial charge in [0.05, 0.1) is 14.3 Å². The number of rotatable bonds is 4. The summed E-state index contributed by atoms with van der Waals surface area (Å²) >= 11 is 0. The third kappa shape index (κ3) is 6.40. The van der Waals surface area contributed by atoms with Crippen molar-refractivity contribution in [2.75, 3.05) is 12.4 Å². The van der Waals surface area contributed by atoms with E-state index in [0.29, 0.717) is 6.16 Å². The summed E-state index contributed by atoms with van der Waals surface area (Å²) in [6, 6.07) is 0. The van der Waals surface area contributed by atoms with Gasteiger partial charge in [-0.05, 0) is 11.5 Å². The summed E-state index contributed by atoms with van der Waals surface area (Å²) in [6.07, 6.45) is 1.36. The van der Waals surface area contributed by atoms with Crippen LogP contribution in [0, 0.1) is 0 Å². The van der Waals surface area contributed by atoms with Crippen LogP contribution in [0.25, 0.3) is 0 Å². The molecule has 0 spiro atoms. The lowest BCUT2D eigenvalue weighted by Gasteiger charge is -2.09. The molecule has 10 heavy (non-hydrogen) atoms. The summed E-state index contributed by atoms with van der Waals surface area (Å²) in [7, 11) is -2.50. The molecule has 0 heterocycles. The van der Waals surface area contributed by atoms with Crippen LogP contribution in [0.5, 0.6) is 0 Å². The Morgan fingerprint density at radius 1 is 1.40 bits per heavy atom. The lowest BCUT2D eigenvalue weighted by atomic mass is 11.0. The SMILES string of the molecule is CC[P+](=O)OC[Si](C)(C)C. The molecular weight excluding hydrogens is 163 g/mol. The van der Waals surface area contributed by atoms with Gasteiger partial charge in [-0.3, -0.25) is 0 Å². The van der Waals surface area contributed by atoms with E-state index in [1.54, 1.807) is 0 Å². The zero-order valence-corrected chi connectivity index (χ0v) is 9.07. The Balaban J connectivity index is 3.46. The molecule has 0 saturated heterocycles. The van der Waals surface area contributed by atoms with Crippen molar-refractivity contribution in [1.29, 1.82) is 0 Å². The van der Waals surface area contributed by atoms with Crippen LogP contribution in [0.3, 0.4) is 0 Å². The number of hydrogen-bond donors (Lipinski definition) is 0. The first-order valence-electron chi connectivity index (χ1n) is 3.53. The molecule has 0 aliphatic heterocycles. The Morgan fingerprint density at radius 2 is 1.90 bits per heavy atom. The van der Waals surface area contributed by atoms with Crippen molar-refractivity contribution in [1.82, 2.24) is 0 Å². The summed E-state index contributed by atoms with van der Waals surface area (Å²) in [6.45, 7) is 8.48. The Labute approximate surface area is 64.8 Å². The molecule has 0 aliphatic carbocycles. The first kappa shape index (κ1) is 10.3. The van der Waals surface area contributed by atoms with Crippen molar-refractivity contribution in [2.24, 2.45) is 0 Å². The fraction of sp³-hybridized carbons (Fsp3) is 1.00. The molecule has 1 atom stereocenters. The third-order valence-corrected chi connectivity index (χ3v) is 3.09. The van der Waals surface area contributed by atoms with Crippen LogP contribution in [-0.2, 0) is 9.09 Å². The third-order valence-electron chi connectivity index (χ3n) is 0.900. The minimum atomic E-state index is -1.36. The lowest BCUT2D eigenvalue weighted by molar-refractivity contribution is 0.385. The van der Waals surface area contributed by atoms with Crippen LogP contribution in [0.4, 0.5) is 0 Å². The van der Waals surface area contributed by atoms with Gasteiger partial charge >= 0.3 is 8.03 Å². The highest BCUT2D eigenvalue weighted by Gasteiger charge is 2.21. The Morgan fingerprint density at radius 3 is 2.20 bits per heavy atom. The molecule has 0 aromatic carbocycles. The van der Waals surface area contributed by atoms with Gasteiger partial charge < -0.3 is 0 Å². The maximum absolute atomic E-state index is 10.8. The first-order valence-corrected chi connectivity index (χ1v) is 8.60. The molecule has 0 radical (unpaired) electrons. The van der Waals surface area contributed by atoms with Gasteiger partial charge in [-0.2, -0.15) is 0 Å². The molecule has 0 bridgehead atoms. The van der Waals surface area contributed by atoms with Crippen molar-refractivity contribution in [3.8, 4) is 0 Å². The summed E-state index contributed by atoms with van der Waals surface area (Å²) in [5, 5.41) is 0. The van der Waals surface area contributed by atoms with E-state index in [-0.39, 0.29) is 0 Å². The van der Waals surface area contributed by atoms with Gasteiger partial charge in [0.25, 0.3) is 0 Å². The predicted octanol–water partition coefficient (Wildman–Crippen LogP) is 2.64. The first-order chi connectivity index (χ1) is 4.45.